The number of benzene rings is 1. The van der Waals surface area contributed by atoms with E-state index in [9.17, 15) is 9.59 Å². The van der Waals surface area contributed by atoms with Crippen LogP contribution in [0.25, 0.3) is 11.2 Å². The summed E-state index contributed by atoms with van der Waals surface area (Å²) in [6.45, 7) is 2.89. The summed E-state index contributed by atoms with van der Waals surface area (Å²) in [5.74, 6) is 0.967. The van der Waals surface area contributed by atoms with Gasteiger partial charge in [-0.05, 0) is 18.4 Å². The van der Waals surface area contributed by atoms with Crippen LogP contribution in [-0.2, 0) is 20.0 Å². The number of hydrogen-bond acceptors (Lipinski definition) is 4. The quantitative estimate of drug-likeness (QED) is 0.340. The maximum absolute atomic E-state index is 12.6. The van der Waals surface area contributed by atoms with Crippen molar-refractivity contribution in [1.29, 1.82) is 0 Å². The molecular formula is C23H32N4O2S. The summed E-state index contributed by atoms with van der Waals surface area (Å²) in [7, 11) is 1.65. The Morgan fingerprint density at radius 2 is 1.70 bits per heavy atom. The maximum Gasteiger partial charge on any atom is 0.329 e. The Hall–Kier alpha value is -2.28. The molecule has 6 nitrogen and oxygen atoms in total. The second-order valence-corrected chi connectivity index (χ2v) is 8.80. The third-order valence-corrected chi connectivity index (χ3v) is 6.48. The van der Waals surface area contributed by atoms with Gasteiger partial charge in [0.2, 0.25) is 0 Å². The van der Waals surface area contributed by atoms with Gasteiger partial charge < -0.3 is 4.57 Å². The van der Waals surface area contributed by atoms with Gasteiger partial charge in [-0.1, -0.05) is 87.5 Å². The van der Waals surface area contributed by atoms with Crippen LogP contribution in [0.3, 0.4) is 0 Å². The monoisotopic (exact) mass is 428 g/mol. The van der Waals surface area contributed by atoms with Crippen LogP contribution in [0.4, 0.5) is 0 Å². The number of rotatable bonds is 12. The number of aromatic amines is 1. The second kappa shape index (κ2) is 11.2. The Balaban J connectivity index is 1.73. The number of nitrogens with one attached hydrogen (secondary N) is 1. The van der Waals surface area contributed by atoms with E-state index in [2.05, 4.69) is 29.0 Å². The van der Waals surface area contributed by atoms with Gasteiger partial charge in [0, 0.05) is 19.3 Å². The molecule has 0 amide bonds. The number of aryl methyl sites for hydroxylation is 3. The maximum atomic E-state index is 12.6. The van der Waals surface area contributed by atoms with Crippen molar-refractivity contribution in [3.63, 3.8) is 0 Å². The Morgan fingerprint density at radius 3 is 2.43 bits per heavy atom. The lowest BCUT2D eigenvalue weighted by atomic mass is 10.1. The van der Waals surface area contributed by atoms with Crippen LogP contribution >= 0.6 is 11.8 Å². The van der Waals surface area contributed by atoms with Gasteiger partial charge in [-0.3, -0.25) is 14.3 Å². The fourth-order valence-corrected chi connectivity index (χ4v) is 4.66. The van der Waals surface area contributed by atoms with Crippen molar-refractivity contribution >= 4 is 22.9 Å². The first-order valence-corrected chi connectivity index (χ1v) is 12.0. The predicted octanol–water partition coefficient (Wildman–Crippen LogP) is 4.51. The summed E-state index contributed by atoms with van der Waals surface area (Å²) in [5, 5.41) is 0.818. The molecule has 0 atom stereocenters. The van der Waals surface area contributed by atoms with Crippen LogP contribution in [0.5, 0.6) is 0 Å². The molecule has 0 unspecified atom stereocenters. The Labute approximate surface area is 181 Å². The molecule has 3 aromatic rings. The van der Waals surface area contributed by atoms with E-state index in [1.54, 1.807) is 18.8 Å². The Kier molecular flexibility index (Phi) is 8.37. The molecule has 0 bridgehead atoms. The van der Waals surface area contributed by atoms with E-state index < -0.39 is 5.69 Å². The smallest absolute Gasteiger partial charge is 0.313 e. The van der Waals surface area contributed by atoms with Gasteiger partial charge in [0.15, 0.2) is 16.3 Å². The highest BCUT2D eigenvalue weighted by atomic mass is 32.2. The number of aromatic nitrogens is 4. The molecule has 30 heavy (non-hydrogen) atoms. The molecule has 0 spiro atoms. The van der Waals surface area contributed by atoms with Gasteiger partial charge in [0.25, 0.3) is 5.56 Å². The molecule has 1 N–H and O–H groups in total. The third kappa shape index (κ3) is 5.65. The molecule has 0 radical (unpaired) electrons. The van der Waals surface area contributed by atoms with E-state index in [0.717, 1.165) is 23.8 Å². The van der Waals surface area contributed by atoms with Crippen LogP contribution < -0.4 is 11.2 Å². The normalized spacial score (nSPS) is 11.4. The van der Waals surface area contributed by atoms with E-state index >= 15 is 0 Å². The largest absolute Gasteiger partial charge is 0.329 e. The lowest BCUT2D eigenvalue weighted by molar-refractivity contribution is 0.603. The standard InChI is InChI=1S/C23H32N4O2S/c1-3-4-5-6-7-8-12-17-30-23-24-20-19(21(28)25-22(29)26(20)2)27(23)16-15-18-13-10-9-11-14-18/h9-11,13-14H,3-8,12,15-17H2,1-2H3,(H,25,28,29). The first-order chi connectivity index (χ1) is 14.6. The molecule has 0 saturated heterocycles. The molecule has 3 rings (SSSR count). The molecule has 1 aromatic carbocycles. The predicted molar refractivity (Wildman–Crippen MR) is 124 cm³/mol. The van der Waals surface area contributed by atoms with Crippen LogP contribution in [0.2, 0.25) is 0 Å². The van der Waals surface area contributed by atoms with Gasteiger partial charge in [0.1, 0.15) is 0 Å². The van der Waals surface area contributed by atoms with Crippen molar-refractivity contribution in [3.8, 4) is 0 Å². The third-order valence-electron chi connectivity index (χ3n) is 5.42. The average molecular weight is 429 g/mol. The summed E-state index contributed by atoms with van der Waals surface area (Å²) in [6.07, 6.45) is 9.68. The first kappa shape index (κ1) is 22.4. The van der Waals surface area contributed by atoms with Crippen molar-refractivity contribution in [1.82, 2.24) is 19.1 Å². The molecule has 162 valence electrons. The van der Waals surface area contributed by atoms with Crippen LogP contribution in [0, 0.1) is 0 Å². The number of nitrogens with zero attached hydrogens (tertiary/aromatic N) is 3. The molecule has 7 heteroatoms. The van der Waals surface area contributed by atoms with Crippen LogP contribution in [-0.4, -0.2) is 24.9 Å². The van der Waals surface area contributed by atoms with E-state index in [-0.39, 0.29) is 5.56 Å². The lowest BCUT2D eigenvalue weighted by Gasteiger charge is -2.09. The highest BCUT2D eigenvalue weighted by molar-refractivity contribution is 7.99. The summed E-state index contributed by atoms with van der Waals surface area (Å²) in [5.41, 5.74) is 1.36. The number of fused-ring (bicyclic) bond motifs is 1. The van der Waals surface area contributed by atoms with Crippen molar-refractivity contribution in [2.75, 3.05) is 5.75 Å². The molecule has 0 aliphatic rings. The number of thioether (sulfide) groups is 1. The number of H-pyrrole nitrogens is 1. The topological polar surface area (TPSA) is 72.7 Å². The second-order valence-electron chi connectivity index (χ2n) is 7.74. The first-order valence-electron chi connectivity index (χ1n) is 11.0. The van der Waals surface area contributed by atoms with Gasteiger partial charge in [-0.15, -0.1) is 0 Å². The van der Waals surface area contributed by atoms with Crippen molar-refractivity contribution in [2.45, 2.75) is 70.0 Å². The zero-order chi connectivity index (χ0) is 21.3. The zero-order valence-electron chi connectivity index (χ0n) is 18.0. The van der Waals surface area contributed by atoms with Crippen molar-refractivity contribution < 1.29 is 0 Å². The number of imidazole rings is 1. The van der Waals surface area contributed by atoms with E-state index in [1.165, 1.54) is 48.7 Å². The summed E-state index contributed by atoms with van der Waals surface area (Å²) in [4.78, 5) is 31.7. The minimum atomic E-state index is -0.427. The summed E-state index contributed by atoms with van der Waals surface area (Å²) in [6, 6.07) is 10.2. The highest BCUT2D eigenvalue weighted by Gasteiger charge is 2.17. The molecule has 0 aliphatic heterocycles. The molecule has 0 saturated carbocycles. The highest BCUT2D eigenvalue weighted by Crippen LogP contribution is 2.23. The molecule has 2 heterocycles. The van der Waals surface area contributed by atoms with Gasteiger partial charge in [-0.2, -0.15) is 0 Å². The molecule has 0 aliphatic carbocycles. The summed E-state index contributed by atoms with van der Waals surface area (Å²) < 4.78 is 3.40. The van der Waals surface area contributed by atoms with E-state index in [0.29, 0.717) is 17.7 Å². The number of hydrogen-bond donors (Lipinski definition) is 1. The van der Waals surface area contributed by atoms with Gasteiger partial charge >= 0.3 is 5.69 Å². The van der Waals surface area contributed by atoms with Crippen LogP contribution in [0.15, 0.2) is 45.1 Å². The van der Waals surface area contributed by atoms with Crippen molar-refractivity contribution in [2.24, 2.45) is 7.05 Å². The lowest BCUT2D eigenvalue weighted by Crippen LogP contribution is -2.29. The SMILES string of the molecule is CCCCCCCCCSc1nc2c(c(=O)[nH]c(=O)n2C)n1CCc1ccccc1. The molecular weight excluding hydrogens is 396 g/mol. The van der Waals surface area contributed by atoms with Crippen LogP contribution in [0.1, 0.15) is 57.4 Å². The minimum Gasteiger partial charge on any atom is -0.313 e. The van der Waals surface area contributed by atoms with Crippen molar-refractivity contribution in [3.05, 3.63) is 56.7 Å². The fourth-order valence-electron chi connectivity index (χ4n) is 3.64. The van der Waals surface area contributed by atoms with Gasteiger partial charge in [0.05, 0.1) is 0 Å². The zero-order valence-corrected chi connectivity index (χ0v) is 18.8. The minimum absolute atomic E-state index is 0.364. The van der Waals surface area contributed by atoms with Gasteiger partial charge in [-0.25, -0.2) is 9.78 Å². The molecule has 2 aromatic heterocycles. The van der Waals surface area contributed by atoms with E-state index in [4.69, 9.17) is 0 Å². The number of unbranched alkanes of at least 4 members (excludes halogenated alkanes) is 6. The Bertz CT molecular complexity index is 1050. The average Bonchev–Trinajstić information content (AvgIpc) is 3.12. The Morgan fingerprint density at radius 1 is 1.00 bits per heavy atom. The molecule has 0 fully saturated rings. The van der Waals surface area contributed by atoms with E-state index in [1.807, 2.05) is 22.8 Å². The summed E-state index contributed by atoms with van der Waals surface area (Å²) >= 11 is 1.68. The fraction of sp³-hybridized carbons (Fsp3) is 0.522.